The van der Waals surface area contributed by atoms with Gasteiger partial charge >= 0.3 is 0 Å². The predicted molar refractivity (Wildman–Crippen MR) is 120 cm³/mol. The maximum Gasteiger partial charge on any atom is 0.279 e. The van der Waals surface area contributed by atoms with Gasteiger partial charge < -0.3 is 24.6 Å². The van der Waals surface area contributed by atoms with Crippen molar-refractivity contribution in [1.82, 2.24) is 4.90 Å². The van der Waals surface area contributed by atoms with Crippen molar-refractivity contribution in [2.45, 2.75) is 26.8 Å². The second kappa shape index (κ2) is 10.3. The van der Waals surface area contributed by atoms with Crippen molar-refractivity contribution >= 4 is 17.5 Å². The number of amides is 2. The van der Waals surface area contributed by atoms with Crippen LogP contribution >= 0.6 is 0 Å². The lowest BCUT2D eigenvalue weighted by Crippen LogP contribution is -3.12. The Morgan fingerprint density at radius 3 is 2.19 bits per heavy atom. The number of benzene rings is 2. The minimum Gasteiger partial charge on any atom is -0.490 e. The van der Waals surface area contributed by atoms with Crippen LogP contribution in [0.25, 0.3) is 0 Å². The molecule has 7 nitrogen and oxygen atoms in total. The van der Waals surface area contributed by atoms with E-state index in [-0.39, 0.29) is 11.8 Å². The SMILES string of the molecule is CCOc1cc2c(cc1OCC)C[NH+](CC(=O)Nc1ccc(C(=O)N(C)C)cc1)CC2. The molecule has 1 heterocycles. The molecular weight excluding hydrogens is 394 g/mol. The Morgan fingerprint density at radius 1 is 1.00 bits per heavy atom. The lowest BCUT2D eigenvalue weighted by molar-refractivity contribution is -0.907. The number of fused-ring (bicyclic) bond motifs is 1. The highest BCUT2D eigenvalue weighted by molar-refractivity contribution is 5.95. The van der Waals surface area contributed by atoms with Crippen LogP contribution < -0.4 is 19.7 Å². The summed E-state index contributed by atoms with van der Waals surface area (Å²) < 4.78 is 11.5. The third kappa shape index (κ3) is 5.76. The maximum absolute atomic E-state index is 12.6. The Kier molecular flexibility index (Phi) is 7.52. The molecule has 0 radical (unpaired) electrons. The summed E-state index contributed by atoms with van der Waals surface area (Å²) in [5.41, 5.74) is 3.75. The molecule has 1 atom stereocenters. The minimum absolute atomic E-state index is 0.0406. The molecule has 0 spiro atoms. The molecule has 31 heavy (non-hydrogen) atoms. The van der Waals surface area contributed by atoms with Crippen LogP contribution in [-0.2, 0) is 17.8 Å². The first-order valence-corrected chi connectivity index (χ1v) is 10.8. The Labute approximate surface area is 183 Å². The van der Waals surface area contributed by atoms with E-state index in [4.69, 9.17) is 9.47 Å². The smallest absolute Gasteiger partial charge is 0.279 e. The van der Waals surface area contributed by atoms with Crippen LogP contribution in [-0.4, -0.2) is 57.1 Å². The third-order valence-electron chi connectivity index (χ3n) is 5.29. The highest BCUT2D eigenvalue weighted by Gasteiger charge is 2.24. The molecule has 2 N–H and O–H groups in total. The van der Waals surface area contributed by atoms with Crippen LogP contribution in [0, 0.1) is 0 Å². The number of hydrogen-bond acceptors (Lipinski definition) is 4. The predicted octanol–water partition coefficient (Wildman–Crippen LogP) is 1.77. The van der Waals surface area contributed by atoms with E-state index in [9.17, 15) is 9.59 Å². The van der Waals surface area contributed by atoms with Crippen LogP contribution in [0.15, 0.2) is 36.4 Å². The highest BCUT2D eigenvalue weighted by Crippen LogP contribution is 2.32. The van der Waals surface area contributed by atoms with Gasteiger partial charge in [0.1, 0.15) is 6.54 Å². The van der Waals surface area contributed by atoms with Crippen molar-refractivity contribution in [1.29, 1.82) is 0 Å². The molecule has 2 aromatic carbocycles. The van der Waals surface area contributed by atoms with Gasteiger partial charge in [0.25, 0.3) is 11.8 Å². The standard InChI is InChI=1S/C24H31N3O4/c1-5-30-21-13-18-11-12-27(15-19(18)14-22(21)31-6-2)16-23(28)25-20-9-7-17(8-10-20)24(29)26(3)4/h7-10,13-14H,5-6,11-12,15-16H2,1-4H3,(H,25,28)/p+1. The van der Waals surface area contributed by atoms with Gasteiger partial charge in [0.05, 0.1) is 19.8 Å². The fraction of sp³-hybridized carbons (Fsp3) is 0.417. The monoisotopic (exact) mass is 426 g/mol. The number of nitrogens with one attached hydrogen (secondary N) is 2. The van der Waals surface area contributed by atoms with E-state index >= 15 is 0 Å². The van der Waals surface area contributed by atoms with Crippen molar-refractivity contribution in [3.8, 4) is 11.5 Å². The van der Waals surface area contributed by atoms with Crippen molar-refractivity contribution in [2.24, 2.45) is 0 Å². The second-order valence-corrected chi connectivity index (χ2v) is 7.86. The largest absolute Gasteiger partial charge is 0.490 e. The van der Waals surface area contributed by atoms with Crippen LogP contribution in [0.2, 0.25) is 0 Å². The molecule has 166 valence electrons. The van der Waals surface area contributed by atoms with E-state index in [1.165, 1.54) is 20.9 Å². The summed E-state index contributed by atoms with van der Waals surface area (Å²) in [6.45, 7) is 7.14. The first-order chi connectivity index (χ1) is 14.9. The van der Waals surface area contributed by atoms with Crippen molar-refractivity contribution < 1.29 is 24.0 Å². The van der Waals surface area contributed by atoms with Gasteiger partial charge in [-0.3, -0.25) is 9.59 Å². The van der Waals surface area contributed by atoms with Crippen molar-refractivity contribution in [3.05, 3.63) is 53.1 Å². The third-order valence-corrected chi connectivity index (χ3v) is 5.29. The zero-order valence-electron chi connectivity index (χ0n) is 18.8. The minimum atomic E-state index is -0.0618. The van der Waals surface area contributed by atoms with Gasteiger partial charge in [-0.05, 0) is 55.8 Å². The van der Waals surface area contributed by atoms with E-state index in [1.807, 2.05) is 13.8 Å². The molecule has 1 aliphatic rings. The molecule has 1 aliphatic heterocycles. The number of nitrogens with zero attached hydrogens (tertiary/aromatic N) is 1. The normalized spacial score (nSPS) is 15.0. The van der Waals surface area contributed by atoms with E-state index in [1.54, 1.807) is 38.4 Å². The van der Waals surface area contributed by atoms with Gasteiger partial charge in [-0.1, -0.05) is 0 Å². The molecule has 2 amide bonds. The Hall–Kier alpha value is -3.06. The quantitative estimate of drug-likeness (QED) is 0.675. The summed E-state index contributed by atoms with van der Waals surface area (Å²) in [5.74, 6) is 1.45. The summed E-state index contributed by atoms with van der Waals surface area (Å²) in [4.78, 5) is 27.3. The number of anilines is 1. The molecule has 0 saturated heterocycles. The summed E-state index contributed by atoms with van der Waals surface area (Å²) in [6.07, 6.45) is 0.895. The lowest BCUT2D eigenvalue weighted by atomic mass is 9.98. The number of carbonyl (C=O) groups is 2. The van der Waals surface area contributed by atoms with Gasteiger partial charge in [-0.2, -0.15) is 0 Å². The molecule has 3 rings (SSSR count). The van der Waals surface area contributed by atoms with Crippen molar-refractivity contribution in [3.63, 3.8) is 0 Å². The Bertz CT molecular complexity index is 925. The van der Waals surface area contributed by atoms with Crippen LogP contribution in [0.5, 0.6) is 11.5 Å². The highest BCUT2D eigenvalue weighted by atomic mass is 16.5. The fourth-order valence-corrected chi connectivity index (χ4v) is 3.78. The molecule has 0 fully saturated rings. The van der Waals surface area contributed by atoms with E-state index in [0.29, 0.717) is 31.0 Å². The topological polar surface area (TPSA) is 72.3 Å². The number of carbonyl (C=O) groups excluding carboxylic acids is 2. The molecule has 0 bridgehead atoms. The molecule has 0 aromatic heterocycles. The molecule has 1 unspecified atom stereocenters. The average Bonchev–Trinajstić information content (AvgIpc) is 2.74. The maximum atomic E-state index is 12.6. The van der Waals surface area contributed by atoms with E-state index in [2.05, 4.69) is 17.4 Å². The first-order valence-electron chi connectivity index (χ1n) is 10.8. The number of ether oxygens (including phenoxy) is 2. The van der Waals surface area contributed by atoms with Gasteiger partial charge in [0.2, 0.25) is 0 Å². The number of rotatable bonds is 8. The summed E-state index contributed by atoms with van der Waals surface area (Å²) in [7, 11) is 3.43. The average molecular weight is 427 g/mol. The molecule has 0 aliphatic carbocycles. The van der Waals surface area contributed by atoms with Gasteiger partial charge in [0.15, 0.2) is 18.0 Å². The zero-order valence-corrected chi connectivity index (χ0v) is 18.8. The van der Waals surface area contributed by atoms with E-state index in [0.717, 1.165) is 31.0 Å². The number of quaternary nitrogens is 1. The Morgan fingerprint density at radius 2 is 1.61 bits per heavy atom. The fourth-order valence-electron chi connectivity index (χ4n) is 3.78. The zero-order chi connectivity index (χ0) is 22.4. The van der Waals surface area contributed by atoms with Crippen LogP contribution in [0.1, 0.15) is 35.3 Å². The molecule has 2 aromatic rings. The van der Waals surface area contributed by atoms with Crippen LogP contribution in [0.4, 0.5) is 5.69 Å². The molecule has 7 heteroatoms. The van der Waals surface area contributed by atoms with Gasteiger partial charge in [-0.15, -0.1) is 0 Å². The lowest BCUT2D eigenvalue weighted by Gasteiger charge is -2.26. The summed E-state index contributed by atoms with van der Waals surface area (Å²) in [5, 5.41) is 2.94. The number of hydrogen-bond donors (Lipinski definition) is 2. The molecular formula is C24H32N3O4+. The van der Waals surface area contributed by atoms with Gasteiger partial charge in [0, 0.05) is 37.3 Å². The molecule has 0 saturated carbocycles. The second-order valence-electron chi connectivity index (χ2n) is 7.86. The van der Waals surface area contributed by atoms with Crippen molar-refractivity contribution in [2.75, 3.05) is 45.7 Å². The van der Waals surface area contributed by atoms with Gasteiger partial charge in [-0.25, -0.2) is 0 Å². The van der Waals surface area contributed by atoms with E-state index < -0.39 is 0 Å². The summed E-state index contributed by atoms with van der Waals surface area (Å²) in [6, 6.07) is 11.1. The Balaban J connectivity index is 1.61. The first kappa shape index (κ1) is 22.6. The van der Waals surface area contributed by atoms with Crippen LogP contribution in [0.3, 0.4) is 0 Å². The summed E-state index contributed by atoms with van der Waals surface area (Å²) >= 11 is 0.